The lowest BCUT2D eigenvalue weighted by molar-refractivity contribution is 0.0271. The van der Waals surface area contributed by atoms with Gasteiger partial charge in [0, 0.05) is 12.8 Å². The number of rotatable bonds is 9. The molecule has 35 heavy (non-hydrogen) atoms. The Balaban J connectivity index is 0.00000167. The minimum absolute atomic E-state index is 0.00434. The van der Waals surface area contributed by atoms with E-state index in [1.165, 1.54) is 17.0 Å². The van der Waals surface area contributed by atoms with Crippen LogP contribution in [0.2, 0.25) is 5.02 Å². The zero-order valence-corrected chi connectivity index (χ0v) is 21.8. The van der Waals surface area contributed by atoms with E-state index in [1.807, 2.05) is 26.8 Å². The molecule has 1 saturated carbocycles. The number of carbonyl (C=O) groups excluding carboxylic acids is 1. The molecule has 0 radical (unpaired) electrons. The first kappa shape index (κ1) is 26.9. The second-order valence-corrected chi connectivity index (χ2v) is 11.0. The number of amides is 1. The maximum absolute atomic E-state index is 15.6. The number of aryl methyl sites for hydroxylation is 2. The summed E-state index contributed by atoms with van der Waals surface area (Å²) in [4.78, 5) is 22.3. The number of nitrogens with one attached hydrogen (secondary N) is 2. The van der Waals surface area contributed by atoms with Crippen molar-refractivity contribution in [2.45, 2.75) is 40.2 Å². The number of carbonyl (C=O) groups is 1. The summed E-state index contributed by atoms with van der Waals surface area (Å²) < 4.78 is 40.3. The van der Waals surface area contributed by atoms with Crippen LogP contribution in [-0.4, -0.2) is 42.5 Å². The number of imidazole rings is 1. The zero-order valence-electron chi connectivity index (χ0n) is 20.2. The maximum Gasteiger partial charge on any atom is 0.277 e. The number of hydrogen-bond acceptors (Lipinski definition) is 6. The fourth-order valence-corrected chi connectivity index (χ4v) is 4.13. The highest BCUT2D eigenvalue weighted by Crippen LogP contribution is 2.34. The normalized spacial score (nSPS) is 13.3. The number of benzene rings is 2. The SMILES string of the molecule is CC.Cc1ccc(Nc2c(C(=O)NOCC3CC3)cc3c(ncn3CCS(C)(=O)=O)c2F)c(Cl)c1. The molecule has 1 heterocycles. The Kier molecular flexibility index (Phi) is 8.74. The van der Waals surface area contributed by atoms with Gasteiger partial charge in [-0.3, -0.25) is 9.63 Å². The van der Waals surface area contributed by atoms with Crippen molar-refractivity contribution < 1.29 is 22.4 Å². The smallest absolute Gasteiger partial charge is 0.277 e. The maximum atomic E-state index is 15.6. The number of sulfone groups is 1. The van der Waals surface area contributed by atoms with Gasteiger partial charge in [0.15, 0.2) is 5.82 Å². The van der Waals surface area contributed by atoms with Gasteiger partial charge in [-0.2, -0.15) is 0 Å². The van der Waals surface area contributed by atoms with E-state index in [0.717, 1.165) is 24.7 Å². The fourth-order valence-electron chi connectivity index (χ4n) is 3.32. The third kappa shape index (κ3) is 6.93. The van der Waals surface area contributed by atoms with Crippen LogP contribution in [0.25, 0.3) is 11.0 Å². The summed E-state index contributed by atoms with van der Waals surface area (Å²) in [5.74, 6) is -1.12. The minimum Gasteiger partial charge on any atom is -0.351 e. The molecule has 1 fully saturated rings. The molecule has 190 valence electrons. The summed E-state index contributed by atoms with van der Waals surface area (Å²) in [6, 6.07) is 6.69. The van der Waals surface area contributed by atoms with Crippen molar-refractivity contribution in [3.05, 3.63) is 52.6 Å². The highest BCUT2D eigenvalue weighted by molar-refractivity contribution is 7.90. The first-order chi connectivity index (χ1) is 16.6. The van der Waals surface area contributed by atoms with Gasteiger partial charge in [-0.1, -0.05) is 31.5 Å². The van der Waals surface area contributed by atoms with Crippen LogP contribution in [0.3, 0.4) is 0 Å². The molecular weight excluding hydrogens is 495 g/mol. The predicted octanol–water partition coefficient (Wildman–Crippen LogP) is 5.02. The van der Waals surface area contributed by atoms with E-state index in [9.17, 15) is 13.2 Å². The second-order valence-electron chi connectivity index (χ2n) is 8.34. The lowest BCUT2D eigenvalue weighted by atomic mass is 10.1. The number of halogens is 2. The van der Waals surface area contributed by atoms with Gasteiger partial charge in [-0.25, -0.2) is 23.3 Å². The van der Waals surface area contributed by atoms with Gasteiger partial charge < -0.3 is 9.88 Å². The van der Waals surface area contributed by atoms with Crippen molar-refractivity contribution in [3.8, 4) is 0 Å². The van der Waals surface area contributed by atoms with Crippen LogP contribution >= 0.6 is 11.6 Å². The van der Waals surface area contributed by atoms with Crippen LogP contribution in [0.5, 0.6) is 0 Å². The third-order valence-corrected chi connectivity index (χ3v) is 6.61. The Morgan fingerprint density at radius 2 is 2.00 bits per heavy atom. The van der Waals surface area contributed by atoms with Gasteiger partial charge in [0.2, 0.25) is 0 Å². The summed E-state index contributed by atoms with van der Waals surface area (Å²) >= 11 is 6.31. The minimum atomic E-state index is -3.25. The van der Waals surface area contributed by atoms with Crippen molar-refractivity contribution in [1.82, 2.24) is 15.0 Å². The van der Waals surface area contributed by atoms with Crippen molar-refractivity contribution in [1.29, 1.82) is 0 Å². The molecule has 2 N–H and O–H groups in total. The fraction of sp³-hybridized carbons (Fsp3) is 0.417. The van der Waals surface area contributed by atoms with Crippen LogP contribution in [0.15, 0.2) is 30.6 Å². The Morgan fingerprint density at radius 3 is 2.63 bits per heavy atom. The van der Waals surface area contributed by atoms with Crippen molar-refractivity contribution in [2.75, 3.05) is 23.9 Å². The van der Waals surface area contributed by atoms with Crippen LogP contribution in [0.4, 0.5) is 15.8 Å². The van der Waals surface area contributed by atoms with Gasteiger partial charge in [0.1, 0.15) is 15.4 Å². The quantitative estimate of drug-likeness (QED) is 0.381. The lowest BCUT2D eigenvalue weighted by Crippen LogP contribution is -2.26. The number of hydrogen-bond donors (Lipinski definition) is 2. The van der Waals surface area contributed by atoms with Gasteiger partial charge in [-0.05, 0) is 49.4 Å². The van der Waals surface area contributed by atoms with Gasteiger partial charge >= 0.3 is 0 Å². The molecule has 1 amide bonds. The molecule has 1 aliphatic carbocycles. The van der Waals surface area contributed by atoms with Crippen molar-refractivity contribution in [3.63, 3.8) is 0 Å². The Morgan fingerprint density at radius 1 is 1.29 bits per heavy atom. The van der Waals surface area contributed by atoms with Crippen LogP contribution < -0.4 is 10.8 Å². The molecule has 0 unspecified atom stereocenters. The molecule has 1 aromatic heterocycles. The average molecular weight is 525 g/mol. The van der Waals surface area contributed by atoms with E-state index in [1.54, 1.807) is 12.1 Å². The Hall–Kier alpha value is -2.69. The lowest BCUT2D eigenvalue weighted by Gasteiger charge is -2.16. The van der Waals surface area contributed by atoms with Crippen LogP contribution in [0.1, 0.15) is 42.6 Å². The standard InChI is InChI=1S/C22H24ClFN4O4S.C2H6/c1-13-3-6-17(16(23)9-13)26-20-15(22(29)27-32-11-14-4-5-14)10-18-21(19(20)24)25-12-28(18)7-8-33(2,30)31;1-2/h3,6,9-10,12,14,26H,4-5,7-8,11H2,1-2H3,(H,27,29);1-2H3. The highest BCUT2D eigenvalue weighted by Gasteiger charge is 2.25. The molecule has 8 nitrogen and oxygen atoms in total. The predicted molar refractivity (Wildman–Crippen MR) is 136 cm³/mol. The Labute approximate surface area is 209 Å². The first-order valence-electron chi connectivity index (χ1n) is 11.4. The average Bonchev–Trinajstić information content (AvgIpc) is 3.53. The molecule has 0 spiro atoms. The molecule has 4 rings (SSSR count). The van der Waals surface area contributed by atoms with E-state index in [-0.39, 0.29) is 29.1 Å². The number of anilines is 2. The summed E-state index contributed by atoms with van der Waals surface area (Å²) in [7, 11) is -3.25. The van der Waals surface area contributed by atoms with Gasteiger partial charge in [0.25, 0.3) is 5.91 Å². The molecule has 3 aromatic rings. The molecule has 1 aliphatic rings. The van der Waals surface area contributed by atoms with E-state index in [4.69, 9.17) is 16.4 Å². The molecule has 0 saturated heterocycles. The summed E-state index contributed by atoms with van der Waals surface area (Å²) in [5.41, 5.74) is 3.90. The number of fused-ring (bicyclic) bond motifs is 1. The number of aromatic nitrogens is 2. The van der Waals surface area contributed by atoms with Crippen molar-refractivity contribution in [2.24, 2.45) is 5.92 Å². The largest absolute Gasteiger partial charge is 0.351 e. The monoisotopic (exact) mass is 524 g/mol. The van der Waals surface area contributed by atoms with E-state index in [2.05, 4.69) is 15.8 Å². The Bertz CT molecular complexity index is 1320. The molecule has 0 bridgehead atoms. The molecule has 0 atom stereocenters. The topological polar surface area (TPSA) is 102 Å². The third-order valence-electron chi connectivity index (χ3n) is 5.37. The molecule has 0 aliphatic heterocycles. The van der Waals surface area contributed by atoms with E-state index < -0.39 is 21.6 Å². The highest BCUT2D eigenvalue weighted by atomic mass is 35.5. The number of nitrogens with zero attached hydrogens (tertiary/aromatic N) is 2. The summed E-state index contributed by atoms with van der Waals surface area (Å²) in [5, 5.41) is 3.28. The van der Waals surface area contributed by atoms with Crippen LogP contribution in [-0.2, 0) is 21.2 Å². The van der Waals surface area contributed by atoms with Crippen molar-refractivity contribution >= 4 is 49.8 Å². The first-order valence-corrected chi connectivity index (χ1v) is 13.9. The van der Waals surface area contributed by atoms with E-state index >= 15 is 4.39 Å². The molecular formula is C24H30ClFN4O4S. The summed E-state index contributed by atoms with van der Waals surface area (Å²) in [6.07, 6.45) is 4.58. The molecule has 2 aromatic carbocycles. The van der Waals surface area contributed by atoms with Gasteiger partial charge in [-0.15, -0.1) is 0 Å². The van der Waals surface area contributed by atoms with Gasteiger partial charge in [0.05, 0.1) is 46.2 Å². The summed E-state index contributed by atoms with van der Waals surface area (Å²) in [6.45, 7) is 6.33. The van der Waals surface area contributed by atoms with E-state index in [0.29, 0.717) is 28.8 Å². The zero-order chi connectivity index (χ0) is 25.8. The number of hydroxylamine groups is 1. The van der Waals surface area contributed by atoms with Crippen LogP contribution in [0, 0.1) is 18.7 Å². The second kappa shape index (κ2) is 11.4. The molecule has 11 heteroatoms.